The van der Waals surface area contributed by atoms with Crippen LogP contribution in [0.5, 0.6) is 0 Å². The maximum Gasteiger partial charge on any atom is 0.208 e. The van der Waals surface area contributed by atoms with Gasteiger partial charge < -0.3 is 8.98 Å². The molecular weight excluding hydrogens is 408 g/mol. The second-order valence-corrected chi connectivity index (χ2v) is 8.60. The Morgan fingerprint density at radius 3 is 2.55 bits per heavy atom. The van der Waals surface area contributed by atoms with E-state index < -0.39 is 0 Å². The Morgan fingerprint density at radius 1 is 1.10 bits per heavy atom. The Kier molecular flexibility index (Phi) is 6.53. The molecule has 4 rings (SSSR count). The number of ketones is 1. The first-order valence-corrected chi connectivity index (χ1v) is 11.3. The van der Waals surface area contributed by atoms with Gasteiger partial charge in [0.2, 0.25) is 5.78 Å². The number of Topliss-reactive ketones (excluding diaryl/α,β-unsaturated/α-hetero) is 1. The van der Waals surface area contributed by atoms with Gasteiger partial charge in [0.05, 0.1) is 18.3 Å². The van der Waals surface area contributed by atoms with E-state index in [9.17, 15) is 4.79 Å². The van der Waals surface area contributed by atoms with Gasteiger partial charge in [-0.05, 0) is 38.2 Å². The number of benzene rings is 2. The number of aromatic nitrogens is 3. The summed E-state index contributed by atoms with van der Waals surface area (Å²) in [6, 6.07) is 19.8. The van der Waals surface area contributed by atoms with E-state index in [0.29, 0.717) is 12.3 Å². The van der Waals surface area contributed by atoms with Crippen molar-refractivity contribution in [1.29, 1.82) is 0 Å². The fraction of sp³-hybridized carbons (Fsp3) is 0.292. The normalized spacial score (nSPS) is 12.5. The van der Waals surface area contributed by atoms with Crippen LogP contribution in [0, 0.1) is 0 Å². The van der Waals surface area contributed by atoms with Crippen LogP contribution in [-0.2, 0) is 6.54 Å². The monoisotopic (exact) mass is 434 g/mol. The third-order valence-corrected chi connectivity index (χ3v) is 6.24. The van der Waals surface area contributed by atoms with Gasteiger partial charge in [-0.1, -0.05) is 67.2 Å². The molecule has 31 heavy (non-hydrogen) atoms. The van der Waals surface area contributed by atoms with Crippen molar-refractivity contribution in [3.8, 4) is 0 Å². The predicted octanol–water partition coefficient (Wildman–Crippen LogP) is 5.06. The van der Waals surface area contributed by atoms with Gasteiger partial charge in [0.25, 0.3) is 0 Å². The van der Waals surface area contributed by atoms with E-state index in [1.807, 2.05) is 56.6 Å². The van der Waals surface area contributed by atoms with Crippen LogP contribution in [0.1, 0.15) is 41.3 Å². The lowest BCUT2D eigenvalue weighted by Gasteiger charge is -2.23. The average Bonchev–Trinajstić information content (AvgIpc) is 3.38. The number of thioether (sulfide) groups is 1. The van der Waals surface area contributed by atoms with Gasteiger partial charge in [-0.25, -0.2) is 0 Å². The minimum atomic E-state index is -0.0586. The highest BCUT2D eigenvalue weighted by Crippen LogP contribution is 2.27. The lowest BCUT2D eigenvalue weighted by molar-refractivity contribution is 0.0994. The average molecular weight is 435 g/mol. The summed E-state index contributed by atoms with van der Waals surface area (Å²) in [5.74, 6) is 1.47. The maximum absolute atomic E-state index is 12.8. The van der Waals surface area contributed by atoms with Crippen LogP contribution in [0.15, 0.2) is 70.2 Å². The number of furan rings is 1. The molecule has 6 nitrogen and oxygen atoms in total. The zero-order valence-corrected chi connectivity index (χ0v) is 18.8. The fourth-order valence-corrected chi connectivity index (χ4v) is 4.48. The van der Waals surface area contributed by atoms with Crippen molar-refractivity contribution in [2.24, 2.45) is 0 Å². The van der Waals surface area contributed by atoms with Crippen molar-refractivity contribution in [3.63, 3.8) is 0 Å². The van der Waals surface area contributed by atoms with Crippen LogP contribution < -0.4 is 0 Å². The topological polar surface area (TPSA) is 64.2 Å². The molecule has 0 N–H and O–H groups in total. The van der Waals surface area contributed by atoms with E-state index in [1.165, 1.54) is 17.3 Å². The first kappa shape index (κ1) is 21.3. The van der Waals surface area contributed by atoms with E-state index in [2.05, 4.69) is 38.7 Å². The number of hydrogen-bond acceptors (Lipinski definition) is 6. The second-order valence-electron chi connectivity index (χ2n) is 7.66. The third-order valence-electron chi connectivity index (χ3n) is 5.27. The molecule has 0 aliphatic carbocycles. The molecular formula is C24H26N4O2S. The van der Waals surface area contributed by atoms with Crippen LogP contribution in [0.3, 0.4) is 0 Å². The van der Waals surface area contributed by atoms with Gasteiger partial charge >= 0.3 is 0 Å². The third kappa shape index (κ3) is 4.73. The molecule has 0 radical (unpaired) electrons. The molecule has 0 saturated heterocycles. The Bertz CT molecular complexity index is 1130. The largest absolute Gasteiger partial charge is 0.453 e. The van der Waals surface area contributed by atoms with Crippen LogP contribution >= 0.6 is 11.8 Å². The first-order valence-electron chi connectivity index (χ1n) is 10.3. The van der Waals surface area contributed by atoms with Crippen molar-refractivity contribution in [1.82, 2.24) is 19.7 Å². The van der Waals surface area contributed by atoms with E-state index in [1.54, 1.807) is 6.07 Å². The summed E-state index contributed by atoms with van der Waals surface area (Å²) in [4.78, 5) is 14.9. The van der Waals surface area contributed by atoms with Crippen molar-refractivity contribution < 1.29 is 9.21 Å². The molecule has 0 aliphatic rings. The Morgan fingerprint density at radius 2 is 1.84 bits per heavy atom. The number of hydrogen-bond donors (Lipinski definition) is 0. The van der Waals surface area contributed by atoms with Crippen molar-refractivity contribution >= 4 is 28.5 Å². The molecule has 2 heterocycles. The van der Waals surface area contributed by atoms with Crippen LogP contribution in [0.4, 0.5) is 0 Å². The van der Waals surface area contributed by atoms with E-state index in [-0.39, 0.29) is 17.6 Å². The van der Waals surface area contributed by atoms with Gasteiger partial charge in [0.1, 0.15) is 5.58 Å². The maximum atomic E-state index is 12.8. The van der Waals surface area contributed by atoms with E-state index >= 15 is 0 Å². The number of carbonyl (C=O) groups is 1. The molecule has 0 amide bonds. The standard InChI is InChI=1S/C24H26N4O2S/c1-4-19(27(2)3)23-25-26-24(28(23)15-17-10-6-5-7-11-17)31-16-20(29)22-14-18-12-8-9-13-21(18)30-22/h5-14,19H,4,15-16H2,1-3H3. The zero-order valence-electron chi connectivity index (χ0n) is 18.0. The Balaban J connectivity index is 1.58. The summed E-state index contributed by atoms with van der Waals surface area (Å²) < 4.78 is 7.85. The van der Waals surface area contributed by atoms with Crippen molar-refractivity contribution in [3.05, 3.63) is 77.8 Å². The van der Waals surface area contributed by atoms with Gasteiger partial charge in [-0.3, -0.25) is 9.69 Å². The highest BCUT2D eigenvalue weighted by atomic mass is 32.2. The quantitative estimate of drug-likeness (QED) is 0.271. The number of carbonyl (C=O) groups excluding carboxylic acids is 1. The lowest BCUT2D eigenvalue weighted by Crippen LogP contribution is -2.23. The summed E-state index contributed by atoms with van der Waals surface area (Å²) in [5, 5.41) is 10.6. The van der Waals surface area contributed by atoms with Gasteiger partial charge in [0.15, 0.2) is 16.7 Å². The molecule has 0 spiro atoms. The summed E-state index contributed by atoms with van der Waals surface area (Å²) >= 11 is 1.40. The number of rotatable bonds is 9. The van der Waals surface area contributed by atoms with Crippen LogP contribution in [0.2, 0.25) is 0 Å². The lowest BCUT2D eigenvalue weighted by atomic mass is 10.2. The summed E-state index contributed by atoms with van der Waals surface area (Å²) in [5.41, 5.74) is 1.89. The molecule has 2 aromatic heterocycles. The fourth-order valence-electron chi connectivity index (χ4n) is 3.67. The summed E-state index contributed by atoms with van der Waals surface area (Å²) in [7, 11) is 4.10. The molecule has 1 unspecified atom stereocenters. The molecule has 0 aliphatic heterocycles. The second kappa shape index (κ2) is 9.49. The highest BCUT2D eigenvalue weighted by molar-refractivity contribution is 7.99. The molecule has 0 bridgehead atoms. The van der Waals surface area contributed by atoms with E-state index in [4.69, 9.17) is 4.42 Å². The first-order chi connectivity index (χ1) is 15.1. The number of fused-ring (bicyclic) bond motifs is 1. The molecule has 0 fully saturated rings. The van der Waals surface area contributed by atoms with Gasteiger partial charge in [-0.15, -0.1) is 10.2 Å². The molecule has 160 valence electrons. The minimum Gasteiger partial charge on any atom is -0.453 e. The Labute approximate surface area is 186 Å². The number of nitrogens with zero attached hydrogens (tertiary/aromatic N) is 4. The predicted molar refractivity (Wildman–Crippen MR) is 124 cm³/mol. The van der Waals surface area contributed by atoms with Crippen LogP contribution in [0.25, 0.3) is 11.0 Å². The smallest absolute Gasteiger partial charge is 0.208 e. The molecule has 4 aromatic rings. The minimum absolute atomic E-state index is 0.0586. The molecule has 7 heteroatoms. The Hall–Kier alpha value is -2.90. The summed E-state index contributed by atoms with van der Waals surface area (Å²) in [6.07, 6.45) is 0.919. The molecule has 2 aromatic carbocycles. The summed E-state index contributed by atoms with van der Waals surface area (Å²) in [6.45, 7) is 2.80. The van der Waals surface area contributed by atoms with Crippen molar-refractivity contribution in [2.75, 3.05) is 19.8 Å². The zero-order chi connectivity index (χ0) is 21.8. The van der Waals surface area contributed by atoms with Gasteiger partial charge in [0, 0.05) is 5.39 Å². The highest BCUT2D eigenvalue weighted by Gasteiger charge is 2.23. The van der Waals surface area contributed by atoms with Crippen LogP contribution in [-0.4, -0.2) is 45.3 Å². The molecule has 1 atom stereocenters. The number of para-hydroxylation sites is 1. The van der Waals surface area contributed by atoms with Gasteiger partial charge in [-0.2, -0.15) is 0 Å². The molecule has 0 saturated carbocycles. The van der Waals surface area contributed by atoms with Crippen molar-refractivity contribution in [2.45, 2.75) is 31.1 Å². The van der Waals surface area contributed by atoms with E-state index in [0.717, 1.165) is 28.4 Å². The SMILES string of the molecule is CCC(c1nnc(SCC(=O)c2cc3ccccc3o2)n1Cc1ccccc1)N(C)C.